The molecule has 0 amide bonds. The Hall–Kier alpha value is -4.27. The van der Waals surface area contributed by atoms with Crippen LogP contribution < -0.4 is 26.5 Å². The van der Waals surface area contributed by atoms with Crippen LogP contribution in [0.2, 0.25) is 0 Å². The second-order valence-corrected chi connectivity index (χ2v) is 9.81. The van der Waals surface area contributed by atoms with Crippen LogP contribution in [0.15, 0.2) is 73.8 Å². The molecule has 0 saturated carbocycles. The van der Waals surface area contributed by atoms with Crippen molar-refractivity contribution in [3.8, 4) is 11.5 Å². The van der Waals surface area contributed by atoms with E-state index in [1.165, 1.54) is 12.2 Å². The Kier molecular flexibility index (Phi) is 19.3. The third-order valence-corrected chi connectivity index (χ3v) is 6.03. The molecule has 0 bridgehead atoms. The van der Waals surface area contributed by atoms with Gasteiger partial charge in [0.05, 0.1) is 6.10 Å². The molecule has 0 heterocycles. The largest absolute Gasteiger partial charge is 2.00 e. The molecule has 0 saturated heterocycles. The molecule has 0 aliphatic heterocycles. The Morgan fingerprint density at radius 3 is 1.20 bits per heavy atom. The van der Waals surface area contributed by atoms with Crippen LogP contribution >= 0.6 is 0 Å². The average Bonchev–Trinajstić information content (AvgIpc) is 3.01. The SMILES string of the molecule is C=CCC(O)c1cc(F)c(C(F)(F)Oc2cc(F)c(F)c(F)c2)c(F)c1.C=C[CH2-].O=Cc1cc(F)c(C(F)(F)Oc2cc(F)c(F)c(F)c2)c(F)c1.[Br-].[Mg+2]. The fourth-order valence-electron chi connectivity index (χ4n) is 3.88. The van der Waals surface area contributed by atoms with E-state index >= 15 is 0 Å². The van der Waals surface area contributed by atoms with E-state index in [1.807, 2.05) is 0 Å². The number of hydrogen-bond donors (Lipinski definition) is 1. The first-order chi connectivity index (χ1) is 24.1. The van der Waals surface area contributed by atoms with Crippen molar-refractivity contribution in [1.82, 2.24) is 0 Å². The number of alkyl halides is 4. The Bertz CT molecular complexity index is 1850. The maximum atomic E-state index is 14.1. The molecule has 54 heavy (non-hydrogen) atoms. The first-order valence-electron chi connectivity index (χ1n) is 13.7. The van der Waals surface area contributed by atoms with E-state index in [2.05, 4.69) is 29.6 Å². The topological polar surface area (TPSA) is 55.8 Å². The number of allylic oxidation sites excluding steroid dienone is 1. The molecule has 0 fully saturated rings. The minimum absolute atomic E-state index is 0. The molecule has 1 atom stereocenters. The summed E-state index contributed by atoms with van der Waals surface area (Å²) < 4.78 is 196. The molecule has 0 aliphatic rings. The van der Waals surface area contributed by atoms with Crippen LogP contribution in [0, 0.1) is 65.1 Å². The van der Waals surface area contributed by atoms with Crippen LogP contribution in [0.25, 0.3) is 0 Å². The molecule has 20 heteroatoms. The van der Waals surface area contributed by atoms with Crippen LogP contribution in [-0.4, -0.2) is 34.4 Å². The molecular weight excluding hydrogens is 843 g/mol. The van der Waals surface area contributed by atoms with Gasteiger partial charge >= 0.3 is 35.3 Å². The fraction of sp³-hybridized carbons (Fsp3) is 0.118. The molecule has 288 valence electrons. The van der Waals surface area contributed by atoms with Gasteiger partial charge in [-0.2, -0.15) is 17.6 Å². The third kappa shape index (κ3) is 12.7. The van der Waals surface area contributed by atoms with Gasteiger partial charge in [-0.15, -0.1) is 6.58 Å². The third-order valence-electron chi connectivity index (χ3n) is 6.03. The van der Waals surface area contributed by atoms with E-state index in [0.29, 0.717) is 24.3 Å². The van der Waals surface area contributed by atoms with Crippen LogP contribution in [-0.2, 0) is 12.2 Å². The van der Waals surface area contributed by atoms with Gasteiger partial charge in [0.1, 0.15) is 52.2 Å². The average molecular weight is 864 g/mol. The van der Waals surface area contributed by atoms with E-state index in [9.17, 15) is 71.4 Å². The first kappa shape index (κ1) is 49.7. The first-order valence-corrected chi connectivity index (χ1v) is 13.7. The number of aliphatic hydroxyl groups excluding tert-OH is 1. The van der Waals surface area contributed by atoms with Gasteiger partial charge in [-0.1, -0.05) is 6.08 Å². The number of hydrogen-bond acceptors (Lipinski definition) is 4. The van der Waals surface area contributed by atoms with Crippen molar-refractivity contribution in [3.05, 3.63) is 161 Å². The maximum absolute atomic E-state index is 14.1. The number of aldehydes is 1. The second-order valence-electron chi connectivity index (χ2n) is 9.81. The Morgan fingerprint density at radius 1 is 0.630 bits per heavy atom. The molecule has 0 aliphatic carbocycles. The standard InChI is InChI=1S/C17H11F7O2.C14H5F7O2.C3H5.BrH.Mg/c1-2-3-14(25)8-4-10(18)15(11(19)5-8)17(23,24)26-9-6-12(20)16(22)13(21)7-9;15-8-1-6(5-22)2-9(16)12(8)14(20,21)23-7-3-10(17)13(19)11(18)4-7;1-3-2;;/h2,4-7,14,25H,1,3H2;1-5H;3H,1-2H2;1H;/q;;-1;;+2/p-1. The van der Waals surface area contributed by atoms with Gasteiger partial charge in [0, 0.05) is 29.8 Å². The predicted octanol–water partition coefficient (Wildman–Crippen LogP) is 7.07. The monoisotopic (exact) mass is 862 g/mol. The number of carbonyl (C=O) groups excluding carboxylic acids is 1. The summed E-state index contributed by atoms with van der Waals surface area (Å²) in [4.78, 5) is 10.4. The summed E-state index contributed by atoms with van der Waals surface area (Å²) in [6, 6.07) is 1.97. The van der Waals surface area contributed by atoms with Gasteiger partial charge in [0.2, 0.25) is 0 Å². The molecule has 4 rings (SSSR count). The van der Waals surface area contributed by atoms with Gasteiger partial charge in [-0.25, -0.2) is 63.5 Å². The smallest absolute Gasteiger partial charge is 1.00 e. The number of ether oxygens (including phenoxy) is 2. The number of benzene rings is 4. The Labute approximate surface area is 323 Å². The number of halogens is 15. The molecule has 0 spiro atoms. The summed E-state index contributed by atoms with van der Waals surface area (Å²) in [5.74, 6) is -20.6. The van der Waals surface area contributed by atoms with E-state index in [-0.39, 0.29) is 82.6 Å². The minimum atomic E-state index is -4.67. The van der Waals surface area contributed by atoms with Crippen molar-refractivity contribution in [2.24, 2.45) is 0 Å². The summed E-state index contributed by atoms with van der Waals surface area (Å²) in [6.45, 7) is 9.82. The van der Waals surface area contributed by atoms with Gasteiger partial charge in [-0.05, 0) is 36.2 Å². The molecular formula is C34H21BrF14MgO4. The van der Waals surface area contributed by atoms with E-state index in [4.69, 9.17) is 0 Å². The fourth-order valence-corrected chi connectivity index (χ4v) is 3.88. The van der Waals surface area contributed by atoms with Crippen molar-refractivity contribution in [3.63, 3.8) is 0 Å². The van der Waals surface area contributed by atoms with Crippen molar-refractivity contribution in [2.45, 2.75) is 24.7 Å². The summed E-state index contributed by atoms with van der Waals surface area (Å²) in [6.07, 6.45) is -8.03. The summed E-state index contributed by atoms with van der Waals surface area (Å²) >= 11 is 0. The van der Waals surface area contributed by atoms with E-state index in [1.54, 1.807) is 0 Å². The summed E-state index contributed by atoms with van der Waals surface area (Å²) in [7, 11) is 0. The summed E-state index contributed by atoms with van der Waals surface area (Å²) in [5, 5.41) is 9.64. The zero-order valence-electron chi connectivity index (χ0n) is 26.8. The van der Waals surface area contributed by atoms with Crippen LogP contribution in [0.1, 0.15) is 39.6 Å². The molecule has 1 N–H and O–H groups in total. The van der Waals surface area contributed by atoms with Gasteiger partial charge in [0.25, 0.3) is 0 Å². The van der Waals surface area contributed by atoms with Gasteiger partial charge in [-0.3, -0.25) is 4.79 Å². The Balaban J connectivity index is 0.000000942. The number of aliphatic hydroxyl groups is 1. The van der Waals surface area contributed by atoms with Crippen LogP contribution in [0.5, 0.6) is 11.5 Å². The molecule has 0 aromatic heterocycles. The predicted molar refractivity (Wildman–Crippen MR) is 161 cm³/mol. The van der Waals surface area contributed by atoms with Crippen molar-refractivity contribution >= 4 is 29.3 Å². The molecule has 4 nitrogen and oxygen atoms in total. The van der Waals surface area contributed by atoms with E-state index in [0.717, 1.165) is 0 Å². The van der Waals surface area contributed by atoms with Crippen molar-refractivity contribution in [2.75, 3.05) is 0 Å². The quantitative estimate of drug-likeness (QED) is 0.0464. The maximum Gasteiger partial charge on any atom is 2.00 e. The molecule has 4 aromatic rings. The normalized spacial score (nSPS) is 11.2. The van der Waals surface area contributed by atoms with Gasteiger partial charge in [0.15, 0.2) is 34.9 Å². The van der Waals surface area contributed by atoms with Crippen molar-refractivity contribution < 1.29 is 97.8 Å². The summed E-state index contributed by atoms with van der Waals surface area (Å²) in [5.41, 5.74) is -4.57. The van der Waals surface area contributed by atoms with Crippen LogP contribution in [0.3, 0.4) is 0 Å². The zero-order valence-corrected chi connectivity index (χ0v) is 29.8. The zero-order chi connectivity index (χ0) is 39.7. The number of carbonyl (C=O) groups is 1. The molecule has 1 unspecified atom stereocenters. The Morgan fingerprint density at radius 2 is 0.926 bits per heavy atom. The number of rotatable bonds is 10. The van der Waals surface area contributed by atoms with Gasteiger partial charge < -0.3 is 31.6 Å². The van der Waals surface area contributed by atoms with Crippen LogP contribution in [0.4, 0.5) is 61.5 Å². The van der Waals surface area contributed by atoms with Crippen molar-refractivity contribution in [1.29, 1.82) is 0 Å². The molecule has 0 radical (unpaired) electrons. The second kappa shape index (κ2) is 21.0. The minimum Gasteiger partial charge on any atom is -1.00 e. The molecule has 4 aromatic carbocycles. The van der Waals surface area contributed by atoms with E-state index < -0.39 is 105 Å².